The fourth-order valence-electron chi connectivity index (χ4n) is 1.39. The van der Waals surface area contributed by atoms with Gasteiger partial charge in [0.1, 0.15) is 18.9 Å². The first-order chi connectivity index (χ1) is 9.56. The number of ether oxygens (including phenoxy) is 1. The number of rotatable bonds is 6. The molecule has 1 atom stereocenters. The Labute approximate surface area is 134 Å². The number of hydrogen-bond acceptors (Lipinski definition) is 6. The lowest BCUT2D eigenvalue weighted by atomic mass is 10.3. The standard InChI is InChI=1S/C11H10Cl3N3O2S/c12-6-1-8(13)11(9(14)2-6)15-3-7(18)5-19-10-4-16-20-17-10/h1-2,4,7,15,18H,3,5H2. The molecule has 0 aliphatic rings. The van der Waals surface area contributed by atoms with Gasteiger partial charge in [0.05, 0.1) is 27.5 Å². The van der Waals surface area contributed by atoms with Crippen LogP contribution in [0.4, 0.5) is 5.69 Å². The van der Waals surface area contributed by atoms with Gasteiger partial charge in [-0.2, -0.15) is 4.37 Å². The number of halogens is 3. The Morgan fingerprint density at radius 1 is 1.30 bits per heavy atom. The SMILES string of the molecule is OC(CNc1c(Cl)cc(Cl)cc1Cl)COc1cnsn1. The van der Waals surface area contributed by atoms with E-state index >= 15 is 0 Å². The van der Waals surface area contributed by atoms with E-state index < -0.39 is 6.10 Å². The molecule has 1 aromatic carbocycles. The second-order valence-electron chi connectivity index (χ2n) is 3.84. The van der Waals surface area contributed by atoms with Crippen molar-refractivity contribution in [2.24, 2.45) is 0 Å². The lowest BCUT2D eigenvalue weighted by Crippen LogP contribution is -2.26. The minimum Gasteiger partial charge on any atom is -0.473 e. The molecule has 0 bridgehead atoms. The van der Waals surface area contributed by atoms with E-state index in [2.05, 4.69) is 14.1 Å². The van der Waals surface area contributed by atoms with Crippen LogP contribution >= 0.6 is 46.5 Å². The minimum atomic E-state index is -0.750. The van der Waals surface area contributed by atoms with Gasteiger partial charge in [0.25, 0.3) is 0 Å². The first-order valence-electron chi connectivity index (χ1n) is 5.53. The molecule has 20 heavy (non-hydrogen) atoms. The number of benzene rings is 1. The third-order valence-corrected chi connectivity index (χ3v) is 3.56. The highest BCUT2D eigenvalue weighted by molar-refractivity contribution is 6.99. The van der Waals surface area contributed by atoms with Crippen LogP contribution in [-0.4, -0.2) is 33.1 Å². The van der Waals surface area contributed by atoms with E-state index in [-0.39, 0.29) is 13.2 Å². The molecule has 0 amide bonds. The molecular formula is C11H10Cl3N3O2S. The van der Waals surface area contributed by atoms with E-state index in [9.17, 15) is 5.11 Å². The van der Waals surface area contributed by atoms with Crippen molar-refractivity contribution in [2.45, 2.75) is 6.10 Å². The molecule has 9 heteroatoms. The summed E-state index contributed by atoms with van der Waals surface area (Å²) in [6.45, 7) is 0.305. The maximum atomic E-state index is 9.80. The molecule has 0 saturated heterocycles. The quantitative estimate of drug-likeness (QED) is 0.832. The van der Waals surface area contributed by atoms with Gasteiger partial charge in [0, 0.05) is 11.6 Å². The molecule has 2 N–H and O–H groups in total. The Bertz CT molecular complexity index is 545. The van der Waals surface area contributed by atoms with E-state index in [1.54, 1.807) is 12.1 Å². The van der Waals surface area contributed by atoms with Gasteiger partial charge in [0.15, 0.2) is 0 Å². The van der Waals surface area contributed by atoms with Crippen LogP contribution in [0.25, 0.3) is 0 Å². The summed E-state index contributed by atoms with van der Waals surface area (Å²) in [5.41, 5.74) is 0.520. The first-order valence-corrected chi connectivity index (χ1v) is 7.39. The number of nitrogens with zero attached hydrogens (tertiary/aromatic N) is 2. The van der Waals surface area contributed by atoms with Gasteiger partial charge in [-0.05, 0) is 12.1 Å². The van der Waals surface area contributed by atoms with Crippen molar-refractivity contribution in [3.05, 3.63) is 33.4 Å². The predicted molar refractivity (Wildman–Crippen MR) is 81.4 cm³/mol. The molecule has 108 valence electrons. The van der Waals surface area contributed by atoms with Gasteiger partial charge in [0.2, 0.25) is 5.88 Å². The van der Waals surface area contributed by atoms with E-state index in [0.29, 0.717) is 26.6 Å². The normalized spacial score (nSPS) is 12.2. The summed E-state index contributed by atoms with van der Waals surface area (Å²) in [6, 6.07) is 3.14. The molecule has 0 aliphatic heterocycles. The number of aliphatic hydroxyl groups is 1. The highest BCUT2D eigenvalue weighted by atomic mass is 35.5. The van der Waals surface area contributed by atoms with Gasteiger partial charge in [-0.1, -0.05) is 34.8 Å². The Morgan fingerprint density at radius 3 is 2.60 bits per heavy atom. The summed E-state index contributed by atoms with van der Waals surface area (Å²) in [6.07, 6.45) is 0.733. The van der Waals surface area contributed by atoms with Gasteiger partial charge in [-0.15, -0.1) is 4.37 Å². The van der Waals surface area contributed by atoms with Gasteiger partial charge in [-0.3, -0.25) is 0 Å². The van der Waals surface area contributed by atoms with E-state index in [0.717, 1.165) is 11.7 Å². The topological polar surface area (TPSA) is 67.3 Å². The molecule has 1 unspecified atom stereocenters. The predicted octanol–water partition coefficient (Wildman–Crippen LogP) is 3.35. The third kappa shape index (κ3) is 4.36. The number of hydrogen-bond donors (Lipinski definition) is 2. The molecule has 0 aliphatic carbocycles. The van der Waals surface area contributed by atoms with Crippen molar-refractivity contribution in [3.8, 4) is 5.88 Å². The molecule has 2 rings (SSSR count). The largest absolute Gasteiger partial charge is 0.473 e. The smallest absolute Gasteiger partial charge is 0.245 e. The zero-order valence-corrected chi connectivity index (χ0v) is 13.1. The molecule has 0 fully saturated rings. The molecule has 0 radical (unpaired) electrons. The van der Waals surface area contributed by atoms with Gasteiger partial charge < -0.3 is 15.2 Å². The maximum Gasteiger partial charge on any atom is 0.245 e. The van der Waals surface area contributed by atoms with Crippen molar-refractivity contribution in [1.82, 2.24) is 8.75 Å². The summed E-state index contributed by atoms with van der Waals surface area (Å²) in [5.74, 6) is 0.386. The third-order valence-electron chi connectivity index (χ3n) is 2.29. The van der Waals surface area contributed by atoms with Gasteiger partial charge in [-0.25, -0.2) is 0 Å². The van der Waals surface area contributed by atoms with Crippen LogP contribution in [0.15, 0.2) is 18.3 Å². The Morgan fingerprint density at radius 2 is 2.00 bits per heavy atom. The zero-order valence-electron chi connectivity index (χ0n) is 10.0. The maximum absolute atomic E-state index is 9.80. The van der Waals surface area contributed by atoms with Crippen molar-refractivity contribution < 1.29 is 9.84 Å². The molecule has 5 nitrogen and oxygen atoms in total. The molecule has 2 aromatic rings. The van der Waals surface area contributed by atoms with Crippen LogP contribution in [0.3, 0.4) is 0 Å². The van der Waals surface area contributed by atoms with Crippen LogP contribution in [0.2, 0.25) is 15.1 Å². The van der Waals surface area contributed by atoms with E-state index in [1.807, 2.05) is 0 Å². The average molecular weight is 355 g/mol. The Hall–Kier alpha value is -0.790. The lowest BCUT2D eigenvalue weighted by molar-refractivity contribution is 0.115. The summed E-state index contributed by atoms with van der Waals surface area (Å²) in [7, 11) is 0. The highest BCUT2D eigenvalue weighted by Gasteiger charge is 2.11. The fourth-order valence-corrected chi connectivity index (χ4v) is 2.71. The summed E-state index contributed by atoms with van der Waals surface area (Å²) in [5, 5.41) is 14.0. The number of aliphatic hydroxyl groups excluding tert-OH is 1. The summed E-state index contributed by atoms with van der Waals surface area (Å²) < 4.78 is 12.9. The molecule has 1 aromatic heterocycles. The van der Waals surface area contributed by atoms with Crippen molar-refractivity contribution in [3.63, 3.8) is 0 Å². The van der Waals surface area contributed by atoms with Crippen LogP contribution in [0.1, 0.15) is 0 Å². The van der Waals surface area contributed by atoms with Crippen LogP contribution in [0.5, 0.6) is 5.88 Å². The molecule has 0 spiro atoms. The van der Waals surface area contributed by atoms with Crippen molar-refractivity contribution in [1.29, 1.82) is 0 Å². The zero-order chi connectivity index (χ0) is 14.5. The second kappa shape index (κ2) is 7.28. The van der Waals surface area contributed by atoms with Crippen molar-refractivity contribution >= 4 is 52.2 Å². The summed E-state index contributed by atoms with van der Waals surface area (Å²) in [4.78, 5) is 0. The van der Waals surface area contributed by atoms with Crippen molar-refractivity contribution in [2.75, 3.05) is 18.5 Å². The van der Waals surface area contributed by atoms with Crippen LogP contribution < -0.4 is 10.1 Å². The van der Waals surface area contributed by atoms with Gasteiger partial charge >= 0.3 is 0 Å². The first kappa shape index (κ1) is 15.6. The van der Waals surface area contributed by atoms with Crippen LogP contribution in [0, 0.1) is 0 Å². The molecular weight excluding hydrogens is 345 g/mol. The fraction of sp³-hybridized carbons (Fsp3) is 0.273. The number of anilines is 1. The Kier molecular flexibility index (Phi) is 5.68. The van der Waals surface area contributed by atoms with E-state index in [4.69, 9.17) is 39.5 Å². The molecule has 0 saturated carbocycles. The average Bonchev–Trinajstić information content (AvgIpc) is 2.88. The lowest BCUT2D eigenvalue weighted by Gasteiger charge is -2.15. The van der Waals surface area contributed by atoms with E-state index in [1.165, 1.54) is 6.20 Å². The highest BCUT2D eigenvalue weighted by Crippen LogP contribution is 2.33. The molecule has 1 heterocycles. The number of aromatic nitrogens is 2. The number of nitrogens with one attached hydrogen (secondary N) is 1. The minimum absolute atomic E-state index is 0.0846. The van der Waals surface area contributed by atoms with Crippen LogP contribution in [-0.2, 0) is 0 Å². The second-order valence-corrected chi connectivity index (χ2v) is 5.64. The Balaban J connectivity index is 1.85. The summed E-state index contributed by atoms with van der Waals surface area (Å²) >= 11 is 18.9. The monoisotopic (exact) mass is 353 g/mol.